The average Bonchev–Trinajstić information content (AvgIpc) is 3.07. The average molecular weight is 369 g/mol. The minimum atomic E-state index is -0.118. The van der Waals surface area contributed by atoms with Gasteiger partial charge in [0.1, 0.15) is 18.2 Å². The standard InChI is InChI=1S/C21H27N3O3/c1-5-26-10-11-27-18-9-7-6-8-16(18)19(25)24-13-15-12-22-20(21(2,3)4)23-17(15)14-24/h6-9,12H,5,10-11,13-14H2,1-4H3. The maximum Gasteiger partial charge on any atom is 0.258 e. The molecule has 1 aromatic carbocycles. The molecule has 3 rings (SSSR count). The SMILES string of the molecule is CCOCCOc1ccccc1C(=O)N1Cc2cnc(C(C)(C)C)nc2C1. The lowest BCUT2D eigenvalue weighted by atomic mass is 9.95. The van der Waals surface area contributed by atoms with Crippen LogP contribution in [0.25, 0.3) is 0 Å². The van der Waals surface area contributed by atoms with E-state index in [1.54, 1.807) is 11.0 Å². The van der Waals surface area contributed by atoms with Crippen molar-refractivity contribution < 1.29 is 14.3 Å². The van der Waals surface area contributed by atoms with Crippen LogP contribution in [-0.4, -0.2) is 40.6 Å². The van der Waals surface area contributed by atoms with Crippen molar-refractivity contribution in [2.45, 2.75) is 46.2 Å². The van der Waals surface area contributed by atoms with Crippen LogP contribution in [0, 0.1) is 0 Å². The summed E-state index contributed by atoms with van der Waals surface area (Å²) in [7, 11) is 0. The maximum atomic E-state index is 13.1. The third-order valence-corrected chi connectivity index (χ3v) is 4.42. The van der Waals surface area contributed by atoms with Crippen molar-refractivity contribution in [3.63, 3.8) is 0 Å². The Morgan fingerprint density at radius 2 is 1.96 bits per heavy atom. The number of rotatable bonds is 6. The Balaban J connectivity index is 1.74. The molecule has 6 nitrogen and oxygen atoms in total. The Labute approximate surface area is 160 Å². The first-order valence-corrected chi connectivity index (χ1v) is 9.34. The first kappa shape index (κ1) is 19.3. The number of amides is 1. The number of fused-ring (bicyclic) bond motifs is 1. The van der Waals surface area contributed by atoms with Gasteiger partial charge in [-0.15, -0.1) is 0 Å². The van der Waals surface area contributed by atoms with Crippen molar-refractivity contribution in [2.75, 3.05) is 19.8 Å². The van der Waals surface area contributed by atoms with Crippen molar-refractivity contribution >= 4 is 5.91 Å². The van der Waals surface area contributed by atoms with Gasteiger partial charge in [-0.3, -0.25) is 4.79 Å². The molecule has 144 valence electrons. The van der Waals surface area contributed by atoms with Crippen molar-refractivity contribution in [3.8, 4) is 5.75 Å². The topological polar surface area (TPSA) is 64.6 Å². The summed E-state index contributed by atoms with van der Waals surface area (Å²) in [6.45, 7) is 10.8. The highest BCUT2D eigenvalue weighted by molar-refractivity contribution is 5.97. The molecule has 0 radical (unpaired) electrons. The van der Waals surface area contributed by atoms with Gasteiger partial charge in [0.2, 0.25) is 0 Å². The van der Waals surface area contributed by atoms with Gasteiger partial charge in [-0.05, 0) is 19.1 Å². The van der Waals surface area contributed by atoms with E-state index in [9.17, 15) is 4.79 Å². The third kappa shape index (κ3) is 4.45. The second-order valence-corrected chi connectivity index (χ2v) is 7.62. The van der Waals surface area contributed by atoms with Gasteiger partial charge in [0, 0.05) is 30.3 Å². The maximum absolute atomic E-state index is 13.1. The summed E-state index contributed by atoms with van der Waals surface area (Å²) < 4.78 is 11.1. The molecule has 2 heterocycles. The number of hydrogen-bond acceptors (Lipinski definition) is 5. The summed E-state index contributed by atoms with van der Waals surface area (Å²) in [5.74, 6) is 1.33. The zero-order chi connectivity index (χ0) is 19.4. The van der Waals surface area contributed by atoms with Crippen molar-refractivity contribution in [2.24, 2.45) is 0 Å². The molecular formula is C21H27N3O3. The Hall–Kier alpha value is -2.47. The number of hydrogen-bond donors (Lipinski definition) is 0. The van der Waals surface area contributed by atoms with Crippen LogP contribution in [0.15, 0.2) is 30.5 Å². The summed E-state index contributed by atoms with van der Waals surface area (Å²) in [5, 5.41) is 0. The van der Waals surface area contributed by atoms with Crippen LogP contribution in [0.3, 0.4) is 0 Å². The summed E-state index contributed by atoms with van der Waals surface area (Å²) in [6, 6.07) is 7.34. The van der Waals surface area contributed by atoms with Gasteiger partial charge in [0.05, 0.1) is 24.4 Å². The van der Waals surface area contributed by atoms with E-state index < -0.39 is 0 Å². The number of aromatic nitrogens is 2. The zero-order valence-electron chi connectivity index (χ0n) is 16.5. The molecule has 27 heavy (non-hydrogen) atoms. The summed E-state index contributed by atoms with van der Waals surface area (Å²) in [4.78, 5) is 24.0. The molecule has 1 aliphatic rings. The number of benzene rings is 1. The molecule has 0 N–H and O–H groups in total. The van der Waals surface area contributed by atoms with Crippen LogP contribution in [0.4, 0.5) is 0 Å². The minimum Gasteiger partial charge on any atom is -0.490 e. The number of nitrogens with zero attached hydrogens (tertiary/aromatic N) is 3. The van der Waals surface area contributed by atoms with Crippen LogP contribution in [0.2, 0.25) is 0 Å². The minimum absolute atomic E-state index is 0.0580. The van der Waals surface area contributed by atoms with E-state index in [4.69, 9.17) is 14.5 Å². The van der Waals surface area contributed by atoms with Gasteiger partial charge >= 0.3 is 0 Å². The quantitative estimate of drug-likeness (QED) is 0.731. The molecule has 0 saturated carbocycles. The highest BCUT2D eigenvalue weighted by Gasteiger charge is 2.29. The van der Waals surface area contributed by atoms with E-state index in [-0.39, 0.29) is 11.3 Å². The fourth-order valence-electron chi connectivity index (χ4n) is 2.95. The fraction of sp³-hybridized carbons (Fsp3) is 0.476. The Morgan fingerprint density at radius 1 is 1.19 bits per heavy atom. The molecular weight excluding hydrogens is 342 g/mol. The van der Waals surface area contributed by atoms with E-state index in [1.165, 1.54) is 0 Å². The van der Waals surface area contributed by atoms with Crippen molar-refractivity contribution in [1.82, 2.24) is 14.9 Å². The zero-order valence-corrected chi connectivity index (χ0v) is 16.5. The largest absolute Gasteiger partial charge is 0.490 e. The van der Waals surface area contributed by atoms with Crippen molar-refractivity contribution in [3.05, 3.63) is 53.1 Å². The highest BCUT2D eigenvalue weighted by Crippen LogP contribution is 2.28. The molecule has 0 spiro atoms. The predicted octanol–water partition coefficient (Wildman–Crippen LogP) is 3.35. The molecule has 0 bridgehead atoms. The number of para-hydroxylation sites is 1. The molecule has 0 aliphatic carbocycles. The van der Waals surface area contributed by atoms with Crippen LogP contribution in [0.5, 0.6) is 5.75 Å². The molecule has 0 atom stereocenters. The summed E-state index contributed by atoms with van der Waals surface area (Å²) in [5.41, 5.74) is 2.38. The van der Waals surface area contributed by atoms with Gasteiger partial charge in [0.15, 0.2) is 0 Å². The molecule has 0 fully saturated rings. The first-order chi connectivity index (χ1) is 12.9. The molecule has 0 saturated heterocycles. The van der Waals surface area contributed by atoms with Gasteiger partial charge in [0.25, 0.3) is 5.91 Å². The van der Waals surface area contributed by atoms with E-state index in [1.807, 2.05) is 31.3 Å². The highest BCUT2D eigenvalue weighted by atomic mass is 16.5. The monoisotopic (exact) mass is 369 g/mol. The molecule has 1 aromatic heterocycles. The number of carbonyl (C=O) groups excluding carboxylic acids is 1. The van der Waals surface area contributed by atoms with E-state index in [0.717, 1.165) is 17.1 Å². The van der Waals surface area contributed by atoms with E-state index in [0.29, 0.717) is 44.2 Å². The van der Waals surface area contributed by atoms with Crippen molar-refractivity contribution in [1.29, 1.82) is 0 Å². The number of ether oxygens (including phenoxy) is 2. The lowest BCUT2D eigenvalue weighted by Gasteiger charge is -2.18. The van der Waals surface area contributed by atoms with Crippen LogP contribution < -0.4 is 4.74 Å². The van der Waals surface area contributed by atoms with Gasteiger partial charge in [-0.25, -0.2) is 9.97 Å². The second kappa shape index (κ2) is 8.05. The fourth-order valence-corrected chi connectivity index (χ4v) is 2.95. The molecule has 0 unspecified atom stereocenters. The lowest BCUT2D eigenvalue weighted by Crippen LogP contribution is -2.26. The molecule has 6 heteroatoms. The normalized spacial score (nSPS) is 13.6. The molecule has 1 amide bonds. The lowest BCUT2D eigenvalue weighted by molar-refractivity contribution is 0.0740. The van der Waals surface area contributed by atoms with E-state index >= 15 is 0 Å². The molecule has 2 aromatic rings. The molecule has 1 aliphatic heterocycles. The van der Waals surface area contributed by atoms with Crippen LogP contribution >= 0.6 is 0 Å². The Morgan fingerprint density at radius 3 is 2.70 bits per heavy atom. The van der Waals surface area contributed by atoms with Gasteiger partial charge in [-0.2, -0.15) is 0 Å². The Bertz CT molecular complexity index is 815. The van der Waals surface area contributed by atoms with Crippen LogP contribution in [-0.2, 0) is 23.2 Å². The van der Waals surface area contributed by atoms with E-state index in [2.05, 4.69) is 25.8 Å². The third-order valence-electron chi connectivity index (χ3n) is 4.42. The second-order valence-electron chi connectivity index (χ2n) is 7.62. The summed E-state index contributed by atoms with van der Waals surface area (Å²) in [6.07, 6.45) is 1.85. The first-order valence-electron chi connectivity index (χ1n) is 9.34. The van der Waals surface area contributed by atoms with Gasteiger partial charge in [-0.1, -0.05) is 32.9 Å². The number of carbonyl (C=O) groups is 1. The Kier molecular flexibility index (Phi) is 5.75. The predicted molar refractivity (Wildman–Crippen MR) is 103 cm³/mol. The smallest absolute Gasteiger partial charge is 0.258 e. The van der Waals surface area contributed by atoms with Crippen LogP contribution in [0.1, 0.15) is 55.1 Å². The summed E-state index contributed by atoms with van der Waals surface area (Å²) >= 11 is 0. The van der Waals surface area contributed by atoms with Gasteiger partial charge < -0.3 is 14.4 Å².